The van der Waals surface area contributed by atoms with Gasteiger partial charge in [-0.1, -0.05) is 25.1 Å². The summed E-state index contributed by atoms with van der Waals surface area (Å²) >= 11 is 0. The molecule has 1 fully saturated rings. The van der Waals surface area contributed by atoms with E-state index < -0.39 is 0 Å². The largest absolute Gasteiger partial charge is 0.357 e. The molecule has 0 saturated carbocycles. The van der Waals surface area contributed by atoms with Gasteiger partial charge in [-0.25, -0.2) is 4.98 Å². The Morgan fingerprint density at radius 3 is 2.77 bits per heavy atom. The summed E-state index contributed by atoms with van der Waals surface area (Å²) in [5.74, 6) is 1.53. The number of halogens is 1. The van der Waals surface area contributed by atoms with Crippen molar-refractivity contribution < 1.29 is 4.79 Å². The number of guanidine groups is 1. The van der Waals surface area contributed by atoms with Gasteiger partial charge in [0, 0.05) is 50.7 Å². The highest BCUT2D eigenvalue weighted by molar-refractivity contribution is 14.0. The Labute approximate surface area is 196 Å². The molecule has 3 rings (SSSR count). The van der Waals surface area contributed by atoms with Gasteiger partial charge >= 0.3 is 0 Å². The minimum absolute atomic E-state index is 0. The second-order valence-electron chi connectivity index (χ2n) is 7.50. The molecule has 2 aromatic rings. The summed E-state index contributed by atoms with van der Waals surface area (Å²) in [4.78, 5) is 23.5. The van der Waals surface area contributed by atoms with E-state index in [0.29, 0.717) is 30.6 Å². The first kappa shape index (κ1) is 24.2. The molecule has 1 aliphatic rings. The number of hydrogen-bond donors (Lipinski definition) is 2. The Bertz CT molecular complexity index is 780. The fourth-order valence-electron chi connectivity index (χ4n) is 3.68. The maximum absolute atomic E-state index is 12.1. The monoisotopic (exact) mass is 524 g/mol. The van der Waals surface area contributed by atoms with Crippen LogP contribution >= 0.6 is 24.0 Å². The Morgan fingerprint density at radius 2 is 2.07 bits per heavy atom. The van der Waals surface area contributed by atoms with Crippen molar-refractivity contribution >= 4 is 35.8 Å². The fraction of sp³-hybridized carbons (Fsp3) is 0.500. The van der Waals surface area contributed by atoms with E-state index in [2.05, 4.69) is 38.9 Å². The number of imidazole rings is 1. The van der Waals surface area contributed by atoms with Gasteiger partial charge in [-0.3, -0.25) is 9.79 Å². The van der Waals surface area contributed by atoms with Crippen LogP contribution in [0, 0.1) is 5.92 Å². The molecule has 2 atom stereocenters. The number of aromatic nitrogens is 2. The van der Waals surface area contributed by atoms with E-state index in [9.17, 15) is 4.79 Å². The molecule has 2 N–H and O–H groups in total. The van der Waals surface area contributed by atoms with E-state index in [1.807, 2.05) is 49.1 Å². The highest BCUT2D eigenvalue weighted by Crippen LogP contribution is 2.27. The molecule has 2 heterocycles. The van der Waals surface area contributed by atoms with E-state index in [4.69, 9.17) is 4.99 Å². The third-order valence-corrected chi connectivity index (χ3v) is 5.38. The maximum Gasteiger partial charge on any atom is 0.251 e. The van der Waals surface area contributed by atoms with Gasteiger partial charge in [0.05, 0.1) is 12.4 Å². The van der Waals surface area contributed by atoms with Crippen LogP contribution in [-0.4, -0.2) is 59.0 Å². The second kappa shape index (κ2) is 12.6. The van der Waals surface area contributed by atoms with Crippen LogP contribution in [0.5, 0.6) is 0 Å². The summed E-state index contributed by atoms with van der Waals surface area (Å²) in [6.07, 6.45) is 7.73. The van der Waals surface area contributed by atoms with Crippen LogP contribution in [0.1, 0.15) is 43.1 Å². The molecule has 1 aromatic heterocycles. The molecule has 0 aliphatic carbocycles. The number of carbonyl (C=O) groups excluding carboxylic acids is 1. The van der Waals surface area contributed by atoms with Gasteiger partial charge < -0.3 is 20.1 Å². The molecule has 30 heavy (non-hydrogen) atoms. The van der Waals surface area contributed by atoms with Crippen LogP contribution < -0.4 is 10.6 Å². The molecular formula is C22H33IN6O. The SMILES string of the molecule is CCNC(=NCCCNC(=O)c1ccccc1)N1CCC(C)C(n2ccnc2)C1.I. The Morgan fingerprint density at radius 1 is 1.27 bits per heavy atom. The summed E-state index contributed by atoms with van der Waals surface area (Å²) in [6.45, 7) is 8.46. The van der Waals surface area contributed by atoms with E-state index >= 15 is 0 Å². The van der Waals surface area contributed by atoms with E-state index in [1.165, 1.54) is 0 Å². The summed E-state index contributed by atoms with van der Waals surface area (Å²) in [6, 6.07) is 9.71. The Kier molecular flexibility index (Phi) is 10.1. The zero-order valence-corrected chi connectivity index (χ0v) is 20.2. The van der Waals surface area contributed by atoms with E-state index in [1.54, 1.807) is 0 Å². The first-order valence-electron chi connectivity index (χ1n) is 10.5. The first-order valence-corrected chi connectivity index (χ1v) is 10.5. The third-order valence-electron chi connectivity index (χ3n) is 5.38. The second-order valence-corrected chi connectivity index (χ2v) is 7.50. The van der Waals surface area contributed by atoms with Crippen molar-refractivity contribution in [1.29, 1.82) is 0 Å². The van der Waals surface area contributed by atoms with Gasteiger partial charge in [0.15, 0.2) is 5.96 Å². The average molecular weight is 524 g/mol. The number of benzene rings is 1. The van der Waals surface area contributed by atoms with Gasteiger partial charge in [0.1, 0.15) is 0 Å². The topological polar surface area (TPSA) is 74.6 Å². The summed E-state index contributed by atoms with van der Waals surface area (Å²) < 4.78 is 2.21. The number of piperidine rings is 1. The lowest BCUT2D eigenvalue weighted by Gasteiger charge is -2.39. The minimum Gasteiger partial charge on any atom is -0.357 e. The van der Waals surface area contributed by atoms with Crippen molar-refractivity contribution in [3.63, 3.8) is 0 Å². The molecule has 2 unspecified atom stereocenters. The molecule has 164 valence electrons. The molecular weight excluding hydrogens is 491 g/mol. The smallest absolute Gasteiger partial charge is 0.251 e. The number of amides is 1. The standard InChI is InChI=1S/C22H32N6O.HI/c1-3-24-22(26-12-7-11-25-21(29)19-8-5-4-6-9-19)27-14-10-18(2)20(16-27)28-15-13-23-17-28;/h4-6,8-9,13,15,17-18,20H,3,7,10-12,14,16H2,1-2H3,(H,24,26)(H,25,29);1H. The zero-order valence-electron chi connectivity index (χ0n) is 17.8. The number of nitrogens with zero attached hydrogens (tertiary/aromatic N) is 4. The van der Waals surface area contributed by atoms with Crippen molar-refractivity contribution in [1.82, 2.24) is 25.1 Å². The number of rotatable bonds is 7. The molecule has 0 radical (unpaired) electrons. The Balaban J connectivity index is 0.00000320. The van der Waals surface area contributed by atoms with Crippen molar-refractivity contribution in [3.05, 3.63) is 54.6 Å². The van der Waals surface area contributed by atoms with Gasteiger partial charge in [0.2, 0.25) is 0 Å². The molecule has 1 aliphatic heterocycles. The number of carbonyl (C=O) groups is 1. The number of hydrogen-bond acceptors (Lipinski definition) is 3. The van der Waals surface area contributed by atoms with Crippen LogP contribution in [0.2, 0.25) is 0 Å². The predicted octanol–water partition coefficient (Wildman–Crippen LogP) is 3.17. The van der Waals surface area contributed by atoms with Gasteiger partial charge in [0.25, 0.3) is 5.91 Å². The third kappa shape index (κ3) is 6.72. The summed E-state index contributed by atoms with van der Waals surface area (Å²) in [5, 5.41) is 6.39. The quantitative estimate of drug-likeness (QED) is 0.253. The zero-order chi connectivity index (χ0) is 20.5. The van der Waals surface area contributed by atoms with E-state index in [0.717, 1.165) is 38.4 Å². The van der Waals surface area contributed by atoms with Gasteiger partial charge in [-0.05, 0) is 37.8 Å². The van der Waals surface area contributed by atoms with Crippen molar-refractivity contribution in [2.75, 3.05) is 32.7 Å². The maximum atomic E-state index is 12.1. The lowest BCUT2D eigenvalue weighted by atomic mass is 9.93. The lowest BCUT2D eigenvalue weighted by molar-refractivity contribution is 0.0953. The number of nitrogens with one attached hydrogen (secondary N) is 2. The molecule has 7 nitrogen and oxygen atoms in total. The summed E-state index contributed by atoms with van der Waals surface area (Å²) in [5.41, 5.74) is 0.692. The van der Waals surface area contributed by atoms with Crippen LogP contribution in [0.25, 0.3) is 0 Å². The molecule has 0 bridgehead atoms. The van der Waals surface area contributed by atoms with Gasteiger partial charge in [-0.2, -0.15) is 0 Å². The highest BCUT2D eigenvalue weighted by atomic mass is 127. The van der Waals surface area contributed by atoms with Crippen LogP contribution in [-0.2, 0) is 0 Å². The van der Waals surface area contributed by atoms with E-state index in [-0.39, 0.29) is 29.9 Å². The molecule has 1 aromatic carbocycles. The molecule has 0 spiro atoms. The molecule has 1 amide bonds. The van der Waals surface area contributed by atoms with Gasteiger partial charge in [-0.15, -0.1) is 24.0 Å². The highest BCUT2D eigenvalue weighted by Gasteiger charge is 2.28. The summed E-state index contributed by atoms with van der Waals surface area (Å²) in [7, 11) is 0. The van der Waals surface area contributed by atoms with Crippen molar-refractivity contribution in [3.8, 4) is 0 Å². The van der Waals surface area contributed by atoms with Crippen LogP contribution in [0.4, 0.5) is 0 Å². The average Bonchev–Trinajstić information content (AvgIpc) is 3.28. The minimum atomic E-state index is -0.0327. The first-order chi connectivity index (χ1) is 14.2. The fourth-order valence-corrected chi connectivity index (χ4v) is 3.68. The molecule has 8 heteroatoms. The number of aliphatic imine (C=N–C) groups is 1. The predicted molar refractivity (Wildman–Crippen MR) is 131 cm³/mol. The normalized spacial score (nSPS) is 19.1. The lowest BCUT2D eigenvalue weighted by Crippen LogP contribution is -2.49. The Hall–Kier alpha value is -2.10. The van der Waals surface area contributed by atoms with Crippen molar-refractivity contribution in [2.45, 2.75) is 32.7 Å². The molecule has 1 saturated heterocycles. The van der Waals surface area contributed by atoms with Crippen molar-refractivity contribution in [2.24, 2.45) is 10.9 Å². The van der Waals surface area contributed by atoms with Crippen LogP contribution in [0.3, 0.4) is 0 Å². The number of likely N-dealkylation sites (tertiary alicyclic amines) is 1. The van der Waals surface area contributed by atoms with Crippen LogP contribution in [0.15, 0.2) is 54.0 Å².